The number of fused-ring (bicyclic) bond motifs is 3. The number of benzene rings is 7. The fraction of sp³-hybridized carbons (Fsp3) is 0.170. The highest BCUT2D eigenvalue weighted by atomic mass is 15.0. The van der Waals surface area contributed by atoms with E-state index in [0.29, 0.717) is 11.6 Å². The molecule has 7 aromatic rings. The van der Waals surface area contributed by atoms with Crippen molar-refractivity contribution in [2.75, 3.05) is 17.2 Å². The molecule has 1 heterocycles. The molecule has 58 heavy (non-hydrogen) atoms. The third kappa shape index (κ3) is 10.6. The van der Waals surface area contributed by atoms with Crippen LogP contribution >= 0.6 is 0 Å². The zero-order valence-electron chi connectivity index (χ0n) is 34.8. The van der Waals surface area contributed by atoms with Crippen molar-refractivity contribution in [2.24, 2.45) is 10.7 Å². The van der Waals surface area contributed by atoms with E-state index in [2.05, 4.69) is 133 Å². The summed E-state index contributed by atoms with van der Waals surface area (Å²) in [6, 6.07) is 54.3. The molecule has 0 saturated heterocycles. The minimum absolute atomic E-state index is 0.550. The van der Waals surface area contributed by atoms with E-state index in [1.54, 1.807) is 6.20 Å². The Labute approximate surface area is 345 Å². The van der Waals surface area contributed by atoms with Crippen LogP contribution in [0.2, 0.25) is 0 Å². The summed E-state index contributed by atoms with van der Waals surface area (Å²) < 4.78 is 0. The van der Waals surface area contributed by atoms with E-state index >= 15 is 0 Å². The molecule has 1 aliphatic heterocycles. The van der Waals surface area contributed by atoms with Crippen LogP contribution in [0.5, 0.6) is 0 Å². The van der Waals surface area contributed by atoms with Crippen molar-refractivity contribution < 1.29 is 0 Å². The molecule has 8 rings (SSSR count). The van der Waals surface area contributed by atoms with Crippen molar-refractivity contribution in [3.8, 4) is 22.3 Å². The van der Waals surface area contributed by atoms with Crippen molar-refractivity contribution in [1.29, 1.82) is 5.41 Å². The molecule has 0 unspecified atom stereocenters. The topological polar surface area (TPSA) is 86.3 Å². The Morgan fingerprint density at radius 1 is 0.621 bits per heavy atom. The number of hydrogen-bond donors (Lipinski definition) is 4. The fourth-order valence-electron chi connectivity index (χ4n) is 6.58. The van der Waals surface area contributed by atoms with Gasteiger partial charge in [0.25, 0.3) is 0 Å². The molecule has 0 saturated carbocycles. The van der Waals surface area contributed by atoms with Crippen LogP contribution in [0.4, 0.5) is 17.1 Å². The van der Waals surface area contributed by atoms with Crippen LogP contribution in [0.3, 0.4) is 0 Å². The number of nitrogens with two attached hydrogens (primary N) is 1. The average molecular weight is 764 g/mol. The predicted molar refractivity (Wildman–Crippen MR) is 252 cm³/mol. The van der Waals surface area contributed by atoms with Crippen LogP contribution in [0.25, 0.3) is 39.2 Å². The molecule has 0 fully saturated rings. The van der Waals surface area contributed by atoms with E-state index in [9.17, 15) is 0 Å². The number of nitrogens with zero attached hydrogens (tertiary/aromatic N) is 1. The largest absolute Gasteiger partial charge is 0.405 e. The molecular weight excluding hydrogens is 707 g/mol. The predicted octanol–water partition coefficient (Wildman–Crippen LogP) is 12.8. The standard InChI is InChI=1S/C28H27N3.C19H15N.C4H9N.C2H6/c1-4-29-28-26-25(17-30-26)23-7-5-6-8-24(23)27(28)31-22-15-13-21(14-16-22)20-11-9-19(10-12-20)18(2)3;20-19(17-9-5-2-6-10-17)18-13-11-16(12-14-18)15-7-3-1-4-8-15;1-2-3-4-5;1-2/h5-18,29,31H,4H2,1-3H3;1-14,20H;3-4H,2,5H2,1H3;1-2H3/b;;4-3-;. The fourth-order valence-corrected chi connectivity index (χ4v) is 6.58. The second-order valence-corrected chi connectivity index (χ2v) is 13.8. The summed E-state index contributed by atoms with van der Waals surface area (Å²) in [5, 5.41) is 20.1. The number of nitrogens with one attached hydrogen (secondary N) is 3. The van der Waals surface area contributed by atoms with Gasteiger partial charge in [-0.3, -0.25) is 10.4 Å². The third-order valence-electron chi connectivity index (χ3n) is 9.68. The summed E-state index contributed by atoms with van der Waals surface area (Å²) in [6.45, 7) is 13.5. The van der Waals surface area contributed by atoms with Gasteiger partial charge in [0, 0.05) is 34.6 Å². The van der Waals surface area contributed by atoms with Crippen LogP contribution in [0.1, 0.15) is 70.6 Å². The van der Waals surface area contributed by atoms with Gasteiger partial charge in [0.1, 0.15) is 0 Å². The van der Waals surface area contributed by atoms with Gasteiger partial charge in [-0.1, -0.05) is 186 Å². The Kier molecular flexibility index (Phi) is 15.8. The summed E-state index contributed by atoms with van der Waals surface area (Å²) in [6.07, 6.45) is 6.46. The summed E-state index contributed by atoms with van der Waals surface area (Å²) in [7, 11) is 0. The maximum absolute atomic E-state index is 8.25. The van der Waals surface area contributed by atoms with Crippen LogP contribution in [0, 0.1) is 5.41 Å². The first-order valence-electron chi connectivity index (χ1n) is 20.4. The summed E-state index contributed by atoms with van der Waals surface area (Å²) >= 11 is 0. The van der Waals surface area contributed by atoms with Gasteiger partial charge in [-0.05, 0) is 76.4 Å². The highest BCUT2D eigenvalue weighted by Crippen LogP contribution is 2.32. The van der Waals surface area contributed by atoms with Gasteiger partial charge in [0.2, 0.25) is 0 Å². The first-order valence-corrected chi connectivity index (χ1v) is 20.4. The zero-order chi connectivity index (χ0) is 41.3. The van der Waals surface area contributed by atoms with E-state index in [0.717, 1.165) is 46.5 Å². The highest BCUT2D eigenvalue weighted by molar-refractivity contribution is 6.11. The van der Waals surface area contributed by atoms with Gasteiger partial charge in [-0.15, -0.1) is 0 Å². The van der Waals surface area contributed by atoms with Gasteiger partial charge in [0.05, 0.1) is 22.4 Å². The summed E-state index contributed by atoms with van der Waals surface area (Å²) in [5.74, 6) is 0.550. The molecule has 0 aliphatic carbocycles. The zero-order valence-corrected chi connectivity index (χ0v) is 34.8. The average Bonchev–Trinajstić information content (AvgIpc) is 3.27. The lowest BCUT2D eigenvalue weighted by molar-refractivity contribution is 0.867. The molecule has 294 valence electrons. The highest BCUT2D eigenvalue weighted by Gasteiger charge is 2.16. The lowest BCUT2D eigenvalue weighted by atomic mass is 9.98. The normalized spacial score (nSPS) is 10.9. The number of allylic oxidation sites excluding steroid dienone is 1. The van der Waals surface area contributed by atoms with Crippen LogP contribution in [0.15, 0.2) is 175 Å². The van der Waals surface area contributed by atoms with Gasteiger partial charge in [0.15, 0.2) is 0 Å². The minimum atomic E-state index is 0.550. The Bertz CT molecular complexity index is 2500. The molecule has 5 nitrogen and oxygen atoms in total. The first-order chi connectivity index (χ1) is 28.4. The van der Waals surface area contributed by atoms with E-state index in [1.807, 2.05) is 93.7 Å². The van der Waals surface area contributed by atoms with Crippen molar-refractivity contribution in [1.82, 2.24) is 0 Å². The van der Waals surface area contributed by atoms with Crippen LogP contribution in [-0.2, 0) is 0 Å². The van der Waals surface area contributed by atoms with Crippen molar-refractivity contribution in [3.05, 3.63) is 197 Å². The Morgan fingerprint density at radius 3 is 1.62 bits per heavy atom. The second kappa shape index (κ2) is 21.5. The van der Waals surface area contributed by atoms with Gasteiger partial charge in [-0.2, -0.15) is 0 Å². The third-order valence-corrected chi connectivity index (χ3v) is 9.68. The molecule has 0 radical (unpaired) electrons. The Hall–Kier alpha value is -6.72. The van der Waals surface area contributed by atoms with Crippen LogP contribution < -0.4 is 26.9 Å². The molecule has 0 atom stereocenters. The van der Waals surface area contributed by atoms with Crippen LogP contribution in [-0.4, -0.2) is 12.3 Å². The molecule has 0 amide bonds. The molecule has 1 aliphatic rings. The molecule has 5 N–H and O–H groups in total. The van der Waals surface area contributed by atoms with E-state index in [4.69, 9.17) is 11.1 Å². The maximum Gasteiger partial charge on any atom is 0.0976 e. The number of hydrogen-bond acceptors (Lipinski definition) is 5. The lowest BCUT2D eigenvalue weighted by Gasteiger charge is -2.19. The van der Waals surface area contributed by atoms with Crippen molar-refractivity contribution in [3.63, 3.8) is 0 Å². The Morgan fingerprint density at radius 2 is 1.12 bits per heavy atom. The monoisotopic (exact) mass is 763 g/mol. The molecule has 0 aromatic heterocycles. The number of rotatable bonds is 10. The molecule has 0 spiro atoms. The van der Waals surface area contributed by atoms with Crippen molar-refractivity contribution >= 4 is 39.7 Å². The maximum atomic E-state index is 8.25. The first kappa shape index (κ1) is 42.4. The van der Waals surface area contributed by atoms with E-state index in [1.165, 1.54) is 43.8 Å². The SMILES string of the molecule is CC.CC/C=C\N.CCNc1c(Nc2ccc(-c3ccc(C(C)C)cc3)cc2)c2ccccc2c2c1=NC=2.N=C(c1ccccc1)c1ccc(-c2ccccc2)cc1. The molecule has 0 bridgehead atoms. The smallest absolute Gasteiger partial charge is 0.0976 e. The van der Waals surface area contributed by atoms with Gasteiger partial charge in [-0.25, -0.2) is 0 Å². The molecular formula is C53H57N5. The van der Waals surface area contributed by atoms with E-state index < -0.39 is 0 Å². The molecule has 7 aromatic carbocycles. The summed E-state index contributed by atoms with van der Waals surface area (Å²) in [5.41, 5.74) is 16.8. The van der Waals surface area contributed by atoms with E-state index in [-0.39, 0.29) is 0 Å². The molecule has 5 heteroatoms. The van der Waals surface area contributed by atoms with Gasteiger partial charge >= 0.3 is 0 Å². The number of anilines is 3. The minimum Gasteiger partial charge on any atom is -0.405 e. The Balaban J connectivity index is 0.000000203. The quantitative estimate of drug-likeness (QED) is 0.0826. The lowest BCUT2D eigenvalue weighted by Crippen LogP contribution is -2.35. The van der Waals surface area contributed by atoms with Gasteiger partial charge < -0.3 is 16.4 Å². The summed E-state index contributed by atoms with van der Waals surface area (Å²) in [4.78, 5) is 4.55. The van der Waals surface area contributed by atoms with Crippen molar-refractivity contribution in [2.45, 2.75) is 53.9 Å². The second-order valence-electron chi connectivity index (χ2n) is 13.8.